The monoisotopic (exact) mass is 276 g/mol. The van der Waals surface area contributed by atoms with E-state index in [1.54, 1.807) is 0 Å². The van der Waals surface area contributed by atoms with E-state index in [1.807, 2.05) is 19.0 Å². The summed E-state index contributed by atoms with van der Waals surface area (Å²) in [4.78, 5) is 2.03. The fourth-order valence-electron chi connectivity index (χ4n) is 3.24. The molecule has 0 amide bonds. The van der Waals surface area contributed by atoms with Gasteiger partial charge in [-0.3, -0.25) is 0 Å². The van der Waals surface area contributed by atoms with Gasteiger partial charge in [0.2, 0.25) is 0 Å². The Morgan fingerprint density at radius 3 is 2.70 bits per heavy atom. The molecule has 1 saturated carbocycles. The average Bonchev–Trinajstić information content (AvgIpc) is 2.84. The fraction of sp³-hybridized carbons (Fsp3) is 0.647. The Kier molecular flexibility index (Phi) is 6.02. The SMILES string of the molecule is CN(C)C[C@H](O)CN[C@H]1CCC[C@H]1Cc1ccccc1. The van der Waals surface area contributed by atoms with Crippen LogP contribution in [0.15, 0.2) is 30.3 Å². The summed E-state index contributed by atoms with van der Waals surface area (Å²) in [6, 6.07) is 11.3. The van der Waals surface area contributed by atoms with Crippen molar-refractivity contribution < 1.29 is 5.11 Å². The van der Waals surface area contributed by atoms with Crippen LogP contribution in [0.25, 0.3) is 0 Å². The minimum atomic E-state index is -0.275. The van der Waals surface area contributed by atoms with Gasteiger partial charge in [-0.25, -0.2) is 0 Å². The smallest absolute Gasteiger partial charge is 0.0791 e. The largest absolute Gasteiger partial charge is 0.390 e. The van der Waals surface area contributed by atoms with Crippen molar-refractivity contribution in [3.63, 3.8) is 0 Å². The van der Waals surface area contributed by atoms with Crippen molar-refractivity contribution in [3.05, 3.63) is 35.9 Å². The molecule has 0 saturated heterocycles. The first kappa shape index (κ1) is 15.5. The lowest BCUT2D eigenvalue weighted by Gasteiger charge is -2.24. The van der Waals surface area contributed by atoms with Crippen LogP contribution in [0.4, 0.5) is 0 Å². The molecule has 1 fully saturated rings. The predicted octanol–water partition coefficient (Wildman–Crippen LogP) is 1.91. The van der Waals surface area contributed by atoms with Crippen molar-refractivity contribution in [2.45, 2.75) is 37.8 Å². The first-order valence-corrected chi connectivity index (χ1v) is 7.75. The third-order valence-electron chi connectivity index (χ3n) is 4.19. The van der Waals surface area contributed by atoms with Crippen LogP contribution < -0.4 is 5.32 Å². The van der Waals surface area contributed by atoms with Gasteiger partial charge in [-0.2, -0.15) is 0 Å². The van der Waals surface area contributed by atoms with Crippen LogP contribution in [0.3, 0.4) is 0 Å². The number of hydrogen-bond acceptors (Lipinski definition) is 3. The van der Waals surface area contributed by atoms with Crippen molar-refractivity contribution in [2.75, 3.05) is 27.2 Å². The number of rotatable bonds is 7. The van der Waals surface area contributed by atoms with E-state index >= 15 is 0 Å². The quantitative estimate of drug-likeness (QED) is 0.798. The molecule has 112 valence electrons. The normalized spacial score (nSPS) is 24.2. The van der Waals surface area contributed by atoms with E-state index in [9.17, 15) is 5.11 Å². The maximum absolute atomic E-state index is 9.95. The van der Waals surface area contributed by atoms with Crippen LogP contribution in [-0.4, -0.2) is 49.3 Å². The van der Waals surface area contributed by atoms with Gasteiger partial charge in [0.25, 0.3) is 0 Å². The van der Waals surface area contributed by atoms with Gasteiger partial charge in [0, 0.05) is 19.1 Å². The zero-order chi connectivity index (χ0) is 14.4. The summed E-state index contributed by atoms with van der Waals surface area (Å²) in [7, 11) is 3.99. The van der Waals surface area contributed by atoms with Gasteiger partial charge >= 0.3 is 0 Å². The topological polar surface area (TPSA) is 35.5 Å². The lowest BCUT2D eigenvalue weighted by atomic mass is 9.94. The van der Waals surface area contributed by atoms with Crippen LogP contribution in [-0.2, 0) is 6.42 Å². The van der Waals surface area contributed by atoms with E-state index in [2.05, 4.69) is 35.6 Å². The highest BCUT2D eigenvalue weighted by molar-refractivity contribution is 5.16. The molecule has 1 aromatic carbocycles. The number of likely N-dealkylation sites (N-methyl/N-ethyl adjacent to an activating group) is 1. The summed E-state index contributed by atoms with van der Waals surface area (Å²) < 4.78 is 0. The third-order valence-corrected chi connectivity index (χ3v) is 4.19. The molecule has 2 N–H and O–H groups in total. The molecule has 0 unspecified atom stereocenters. The molecule has 3 heteroatoms. The Morgan fingerprint density at radius 2 is 2.00 bits per heavy atom. The van der Waals surface area contributed by atoms with Crippen molar-refractivity contribution in [1.82, 2.24) is 10.2 Å². The van der Waals surface area contributed by atoms with Crippen molar-refractivity contribution in [1.29, 1.82) is 0 Å². The Labute approximate surface area is 123 Å². The van der Waals surface area contributed by atoms with E-state index in [0.29, 0.717) is 18.5 Å². The zero-order valence-corrected chi connectivity index (χ0v) is 12.8. The summed E-state index contributed by atoms with van der Waals surface area (Å²) >= 11 is 0. The lowest BCUT2D eigenvalue weighted by Crippen LogP contribution is -2.41. The third kappa shape index (κ3) is 4.89. The zero-order valence-electron chi connectivity index (χ0n) is 12.8. The van der Waals surface area contributed by atoms with Gasteiger partial charge in [0.15, 0.2) is 0 Å². The molecular weight excluding hydrogens is 248 g/mol. The highest BCUT2D eigenvalue weighted by atomic mass is 16.3. The number of benzene rings is 1. The van der Waals surface area contributed by atoms with E-state index in [4.69, 9.17) is 0 Å². The minimum Gasteiger partial charge on any atom is -0.390 e. The fourth-order valence-corrected chi connectivity index (χ4v) is 3.24. The van der Waals surface area contributed by atoms with Gasteiger partial charge in [0.05, 0.1) is 6.10 Å². The summed E-state index contributed by atoms with van der Waals surface area (Å²) in [6.07, 6.45) is 4.73. The van der Waals surface area contributed by atoms with Crippen LogP contribution in [0.2, 0.25) is 0 Å². The summed E-state index contributed by atoms with van der Waals surface area (Å²) in [6.45, 7) is 1.43. The summed E-state index contributed by atoms with van der Waals surface area (Å²) in [5.41, 5.74) is 1.43. The highest BCUT2D eigenvalue weighted by Gasteiger charge is 2.27. The maximum atomic E-state index is 9.95. The van der Waals surface area contributed by atoms with Gasteiger partial charge < -0.3 is 15.3 Å². The molecule has 0 heterocycles. The van der Waals surface area contributed by atoms with Gasteiger partial charge in [-0.05, 0) is 44.8 Å². The van der Waals surface area contributed by atoms with Crippen LogP contribution >= 0.6 is 0 Å². The Hall–Kier alpha value is -0.900. The molecule has 3 atom stereocenters. The maximum Gasteiger partial charge on any atom is 0.0791 e. The molecule has 0 radical (unpaired) electrons. The number of hydrogen-bond donors (Lipinski definition) is 2. The second-order valence-corrected chi connectivity index (χ2v) is 6.31. The van der Waals surface area contributed by atoms with E-state index in [-0.39, 0.29) is 6.10 Å². The van der Waals surface area contributed by atoms with Gasteiger partial charge in [-0.15, -0.1) is 0 Å². The molecule has 0 bridgehead atoms. The Balaban J connectivity index is 1.79. The number of nitrogens with zero attached hydrogens (tertiary/aromatic N) is 1. The first-order valence-electron chi connectivity index (χ1n) is 7.75. The first-order chi connectivity index (χ1) is 9.65. The van der Waals surface area contributed by atoms with E-state index < -0.39 is 0 Å². The minimum absolute atomic E-state index is 0.275. The lowest BCUT2D eigenvalue weighted by molar-refractivity contribution is 0.129. The van der Waals surface area contributed by atoms with E-state index in [1.165, 1.54) is 24.8 Å². The molecule has 20 heavy (non-hydrogen) atoms. The summed E-state index contributed by atoms with van der Waals surface area (Å²) in [5, 5.41) is 13.5. The Bertz CT molecular complexity index is 380. The Morgan fingerprint density at radius 1 is 1.25 bits per heavy atom. The number of aliphatic hydroxyl groups is 1. The van der Waals surface area contributed by atoms with Crippen molar-refractivity contribution >= 4 is 0 Å². The van der Waals surface area contributed by atoms with Gasteiger partial charge in [0.1, 0.15) is 0 Å². The van der Waals surface area contributed by atoms with Crippen LogP contribution in [0.5, 0.6) is 0 Å². The van der Waals surface area contributed by atoms with E-state index in [0.717, 1.165) is 13.0 Å². The summed E-state index contributed by atoms with van der Waals surface area (Å²) in [5.74, 6) is 0.712. The molecule has 1 aliphatic rings. The highest BCUT2D eigenvalue weighted by Crippen LogP contribution is 2.28. The molecule has 1 aromatic rings. The molecule has 0 aliphatic heterocycles. The van der Waals surface area contributed by atoms with Crippen LogP contribution in [0.1, 0.15) is 24.8 Å². The van der Waals surface area contributed by atoms with Crippen molar-refractivity contribution in [2.24, 2.45) is 5.92 Å². The standard InChI is InChI=1S/C17H28N2O/c1-19(2)13-16(20)12-18-17-10-6-9-15(17)11-14-7-4-3-5-8-14/h3-5,7-8,15-18,20H,6,9-13H2,1-2H3/t15-,16+,17-/m0/s1. The molecule has 3 nitrogen and oxygen atoms in total. The molecule has 0 spiro atoms. The average molecular weight is 276 g/mol. The molecule has 1 aliphatic carbocycles. The van der Waals surface area contributed by atoms with Crippen molar-refractivity contribution in [3.8, 4) is 0 Å². The number of nitrogens with one attached hydrogen (secondary N) is 1. The second kappa shape index (κ2) is 7.77. The molecule has 0 aromatic heterocycles. The van der Waals surface area contributed by atoms with Crippen LogP contribution in [0, 0.1) is 5.92 Å². The molecular formula is C17H28N2O. The predicted molar refractivity (Wildman–Crippen MR) is 83.8 cm³/mol. The second-order valence-electron chi connectivity index (χ2n) is 6.31. The van der Waals surface area contributed by atoms with Gasteiger partial charge in [-0.1, -0.05) is 36.8 Å². The molecule has 2 rings (SSSR count). The number of aliphatic hydroxyl groups excluding tert-OH is 1.